The van der Waals surface area contributed by atoms with Gasteiger partial charge >= 0.3 is 0 Å². The number of pyridine rings is 1. The van der Waals surface area contributed by atoms with Gasteiger partial charge in [0.15, 0.2) is 0 Å². The summed E-state index contributed by atoms with van der Waals surface area (Å²) in [7, 11) is 0. The number of carbonyl (C=O) groups excluding carboxylic acids is 1. The number of halogens is 1. The lowest BCUT2D eigenvalue weighted by Gasteiger charge is -2.27. The predicted octanol–water partition coefficient (Wildman–Crippen LogP) is 3.90. The van der Waals surface area contributed by atoms with E-state index in [-0.39, 0.29) is 5.91 Å². The number of nitrogens with one attached hydrogen (secondary N) is 1. The number of nitrogens with zero attached hydrogens (tertiary/aromatic N) is 3. The molecule has 0 atom stereocenters. The van der Waals surface area contributed by atoms with Crippen LogP contribution >= 0.6 is 15.9 Å². The summed E-state index contributed by atoms with van der Waals surface area (Å²) < 4.78 is 0.961. The topological polar surface area (TPSA) is 87.9 Å². The number of benzene rings is 1. The fraction of sp³-hybridized carbons (Fsp3) is 0.316. The SMILES string of the molecule is Cc1nc(N)c2[nH]c(-c3cccc(Br)c3)nc2c1C(=O)N1CCCCC1. The molecule has 1 amide bonds. The number of fused-ring (bicyclic) bond motifs is 1. The zero-order chi connectivity index (χ0) is 18.3. The van der Waals surface area contributed by atoms with Crippen LogP contribution in [0.25, 0.3) is 22.4 Å². The number of amides is 1. The highest BCUT2D eigenvalue weighted by molar-refractivity contribution is 9.10. The van der Waals surface area contributed by atoms with Gasteiger partial charge in [0.25, 0.3) is 5.91 Å². The molecule has 0 spiro atoms. The number of likely N-dealkylation sites (tertiary alicyclic amines) is 1. The van der Waals surface area contributed by atoms with Gasteiger partial charge in [-0.05, 0) is 38.3 Å². The Hall–Kier alpha value is -2.41. The highest BCUT2D eigenvalue weighted by Crippen LogP contribution is 2.29. The van der Waals surface area contributed by atoms with Gasteiger partial charge in [-0.3, -0.25) is 4.79 Å². The van der Waals surface area contributed by atoms with Crippen molar-refractivity contribution in [3.63, 3.8) is 0 Å². The standard InChI is InChI=1S/C19H20BrN5O/c1-11-14(19(26)25-8-3-2-4-9-25)15-16(17(21)22-11)24-18(23-15)12-6-5-7-13(20)10-12/h5-7,10H,2-4,8-9H2,1H3,(H2,21,22)(H,23,24). The van der Waals surface area contributed by atoms with E-state index in [0.717, 1.165) is 36.0 Å². The van der Waals surface area contributed by atoms with E-state index in [2.05, 4.69) is 25.9 Å². The maximum atomic E-state index is 13.1. The monoisotopic (exact) mass is 413 g/mol. The predicted molar refractivity (Wildman–Crippen MR) is 106 cm³/mol. The number of hydrogen-bond acceptors (Lipinski definition) is 4. The zero-order valence-electron chi connectivity index (χ0n) is 14.6. The van der Waals surface area contributed by atoms with Crippen LogP contribution in [-0.4, -0.2) is 38.8 Å². The van der Waals surface area contributed by atoms with Crippen molar-refractivity contribution in [2.45, 2.75) is 26.2 Å². The Bertz CT molecular complexity index is 991. The number of imidazole rings is 1. The highest BCUT2D eigenvalue weighted by Gasteiger charge is 2.25. The Kier molecular flexibility index (Phi) is 4.40. The van der Waals surface area contributed by atoms with Crippen molar-refractivity contribution in [1.29, 1.82) is 0 Å². The third kappa shape index (κ3) is 2.96. The van der Waals surface area contributed by atoms with Crippen LogP contribution in [0.4, 0.5) is 5.82 Å². The zero-order valence-corrected chi connectivity index (χ0v) is 16.1. The van der Waals surface area contributed by atoms with E-state index in [0.29, 0.717) is 33.9 Å². The molecule has 4 rings (SSSR count). The van der Waals surface area contributed by atoms with Gasteiger partial charge in [-0.2, -0.15) is 0 Å². The summed E-state index contributed by atoms with van der Waals surface area (Å²) in [5.41, 5.74) is 9.42. The molecule has 0 saturated carbocycles. The summed E-state index contributed by atoms with van der Waals surface area (Å²) in [5.74, 6) is 1.03. The number of hydrogen-bond donors (Lipinski definition) is 2. The van der Waals surface area contributed by atoms with E-state index in [1.807, 2.05) is 36.1 Å². The van der Waals surface area contributed by atoms with E-state index >= 15 is 0 Å². The van der Waals surface area contributed by atoms with Crippen molar-refractivity contribution in [3.05, 3.63) is 40.0 Å². The van der Waals surface area contributed by atoms with Crippen LogP contribution in [0.15, 0.2) is 28.7 Å². The Morgan fingerprint density at radius 2 is 2.00 bits per heavy atom. The molecule has 7 heteroatoms. The van der Waals surface area contributed by atoms with Crippen LogP contribution in [0.5, 0.6) is 0 Å². The second-order valence-electron chi connectivity index (χ2n) is 6.63. The maximum Gasteiger partial charge on any atom is 0.257 e. The molecule has 2 aromatic heterocycles. The molecule has 1 aliphatic heterocycles. The van der Waals surface area contributed by atoms with Crippen LogP contribution in [0.1, 0.15) is 35.3 Å². The lowest BCUT2D eigenvalue weighted by molar-refractivity contribution is 0.0725. The van der Waals surface area contributed by atoms with Crippen molar-refractivity contribution < 1.29 is 4.79 Å². The Morgan fingerprint density at radius 3 is 2.73 bits per heavy atom. The molecule has 0 unspecified atom stereocenters. The molecule has 26 heavy (non-hydrogen) atoms. The molecule has 0 bridgehead atoms. The van der Waals surface area contributed by atoms with Crippen molar-refractivity contribution in [1.82, 2.24) is 19.9 Å². The van der Waals surface area contributed by atoms with Gasteiger partial charge in [0.1, 0.15) is 22.7 Å². The van der Waals surface area contributed by atoms with Gasteiger partial charge in [-0.25, -0.2) is 9.97 Å². The minimum absolute atomic E-state index is 0.00741. The van der Waals surface area contributed by atoms with Crippen LogP contribution in [0.3, 0.4) is 0 Å². The van der Waals surface area contributed by atoms with Crippen molar-refractivity contribution in [3.8, 4) is 11.4 Å². The molecule has 1 aromatic carbocycles. The fourth-order valence-corrected chi connectivity index (χ4v) is 3.89. The first-order valence-electron chi connectivity index (χ1n) is 8.75. The summed E-state index contributed by atoms with van der Waals surface area (Å²) >= 11 is 3.48. The molecule has 6 nitrogen and oxygen atoms in total. The quantitative estimate of drug-likeness (QED) is 0.666. The Balaban J connectivity index is 1.86. The third-order valence-electron chi connectivity index (χ3n) is 4.80. The Labute approximate surface area is 159 Å². The molecule has 1 fully saturated rings. The minimum Gasteiger partial charge on any atom is -0.382 e. The summed E-state index contributed by atoms with van der Waals surface area (Å²) in [5, 5.41) is 0. The lowest BCUT2D eigenvalue weighted by Crippen LogP contribution is -2.36. The van der Waals surface area contributed by atoms with Crippen LogP contribution < -0.4 is 5.73 Å². The molecule has 134 valence electrons. The number of anilines is 1. The molecule has 3 N–H and O–H groups in total. The summed E-state index contributed by atoms with van der Waals surface area (Å²) in [6.45, 7) is 3.39. The van der Waals surface area contributed by atoms with Crippen LogP contribution in [0.2, 0.25) is 0 Å². The first kappa shape index (κ1) is 17.0. The summed E-state index contributed by atoms with van der Waals surface area (Å²) in [6.07, 6.45) is 3.26. The lowest BCUT2D eigenvalue weighted by atomic mass is 10.1. The number of rotatable bonds is 2. The van der Waals surface area contributed by atoms with Gasteiger partial charge in [0.05, 0.1) is 11.3 Å². The summed E-state index contributed by atoms with van der Waals surface area (Å²) in [4.78, 5) is 27.4. The van der Waals surface area contributed by atoms with E-state index in [9.17, 15) is 4.79 Å². The second-order valence-corrected chi connectivity index (χ2v) is 7.55. The van der Waals surface area contributed by atoms with E-state index in [4.69, 9.17) is 10.7 Å². The number of piperidine rings is 1. The molecular formula is C19H20BrN5O. The number of carbonyl (C=O) groups is 1. The van der Waals surface area contributed by atoms with Gasteiger partial charge in [-0.1, -0.05) is 28.1 Å². The van der Waals surface area contributed by atoms with Crippen molar-refractivity contribution in [2.24, 2.45) is 0 Å². The molecular weight excluding hydrogens is 394 g/mol. The van der Waals surface area contributed by atoms with E-state index in [1.54, 1.807) is 0 Å². The van der Waals surface area contributed by atoms with Gasteiger partial charge < -0.3 is 15.6 Å². The Morgan fingerprint density at radius 1 is 1.23 bits per heavy atom. The van der Waals surface area contributed by atoms with Gasteiger partial charge in [0.2, 0.25) is 0 Å². The number of nitrogens with two attached hydrogens (primary N) is 1. The van der Waals surface area contributed by atoms with E-state index in [1.165, 1.54) is 6.42 Å². The van der Waals surface area contributed by atoms with Crippen LogP contribution in [0, 0.1) is 6.92 Å². The van der Waals surface area contributed by atoms with E-state index < -0.39 is 0 Å². The number of H-pyrrole nitrogens is 1. The fourth-order valence-electron chi connectivity index (χ4n) is 3.49. The van der Waals surface area contributed by atoms with Crippen LogP contribution in [-0.2, 0) is 0 Å². The minimum atomic E-state index is -0.00741. The van der Waals surface area contributed by atoms with Gasteiger partial charge in [0, 0.05) is 23.1 Å². The third-order valence-corrected chi connectivity index (χ3v) is 5.30. The first-order chi connectivity index (χ1) is 12.5. The highest BCUT2D eigenvalue weighted by atomic mass is 79.9. The second kappa shape index (κ2) is 6.72. The van der Waals surface area contributed by atoms with Crippen molar-refractivity contribution in [2.75, 3.05) is 18.8 Å². The average Bonchev–Trinajstić information content (AvgIpc) is 3.08. The molecule has 3 heterocycles. The maximum absolute atomic E-state index is 13.1. The number of nitrogen functional groups attached to an aromatic ring is 1. The largest absolute Gasteiger partial charge is 0.382 e. The molecule has 1 aliphatic rings. The first-order valence-corrected chi connectivity index (χ1v) is 9.55. The average molecular weight is 414 g/mol. The molecule has 0 aliphatic carbocycles. The smallest absolute Gasteiger partial charge is 0.257 e. The van der Waals surface area contributed by atoms with Crippen molar-refractivity contribution >= 4 is 38.7 Å². The number of aryl methyl sites for hydroxylation is 1. The number of aromatic nitrogens is 3. The number of aromatic amines is 1. The molecule has 3 aromatic rings. The summed E-state index contributed by atoms with van der Waals surface area (Å²) in [6, 6.07) is 7.84. The normalized spacial score (nSPS) is 14.8. The van der Waals surface area contributed by atoms with Gasteiger partial charge in [-0.15, -0.1) is 0 Å². The molecule has 1 saturated heterocycles. The molecule has 0 radical (unpaired) electrons.